The van der Waals surface area contributed by atoms with Crippen LogP contribution >= 0.6 is 0 Å². The number of pyridine rings is 1. The minimum Gasteiger partial charge on any atom is -0.365 e. The van der Waals surface area contributed by atoms with Crippen LogP contribution in [-0.2, 0) is 9.53 Å². The van der Waals surface area contributed by atoms with E-state index in [0.29, 0.717) is 17.6 Å². The third kappa shape index (κ3) is 3.73. The van der Waals surface area contributed by atoms with Gasteiger partial charge in [0, 0.05) is 23.8 Å². The average Bonchev–Trinajstić information content (AvgIpc) is 2.64. The van der Waals surface area contributed by atoms with Gasteiger partial charge in [-0.3, -0.25) is 9.78 Å². The van der Waals surface area contributed by atoms with E-state index in [1.807, 2.05) is 24.0 Å². The smallest absolute Gasteiger partial charge is 0.255 e. The zero-order chi connectivity index (χ0) is 18.7. The summed E-state index contributed by atoms with van der Waals surface area (Å²) in [6, 6.07) is 9.27. The first-order valence-corrected chi connectivity index (χ1v) is 8.23. The lowest BCUT2D eigenvalue weighted by Crippen LogP contribution is -2.53. The normalized spacial score (nSPS) is 20.2. The molecule has 1 aromatic carbocycles. The molecule has 6 nitrogen and oxygen atoms in total. The third-order valence-electron chi connectivity index (χ3n) is 4.19. The van der Waals surface area contributed by atoms with Gasteiger partial charge in [-0.1, -0.05) is 0 Å². The highest BCUT2D eigenvalue weighted by molar-refractivity contribution is 5.95. The first-order valence-electron chi connectivity index (χ1n) is 8.23. The van der Waals surface area contributed by atoms with E-state index in [1.165, 1.54) is 0 Å². The summed E-state index contributed by atoms with van der Waals surface area (Å²) in [5.74, 6) is -0.557. The highest BCUT2D eigenvalue weighted by Crippen LogP contribution is 2.30. The number of morpholine rings is 1. The second-order valence-corrected chi connectivity index (χ2v) is 6.12. The van der Waals surface area contributed by atoms with Gasteiger partial charge >= 0.3 is 0 Å². The van der Waals surface area contributed by atoms with Crippen molar-refractivity contribution in [2.24, 2.45) is 0 Å². The van der Waals surface area contributed by atoms with Crippen LogP contribution in [0.15, 0.2) is 30.5 Å². The number of nitriles is 1. The van der Waals surface area contributed by atoms with Gasteiger partial charge in [-0.15, -0.1) is 0 Å². The molecule has 1 aliphatic heterocycles. The predicted molar refractivity (Wildman–Crippen MR) is 92.0 cm³/mol. The fourth-order valence-electron chi connectivity index (χ4n) is 3.11. The van der Waals surface area contributed by atoms with Crippen LogP contribution in [0.4, 0.5) is 14.5 Å². The predicted octanol–water partition coefficient (Wildman–Crippen LogP) is 2.08. The number of nitrogens with zero attached hydrogens (tertiary/aromatic N) is 3. The van der Waals surface area contributed by atoms with Crippen molar-refractivity contribution in [1.29, 1.82) is 5.26 Å². The number of carbonyl (C=O) groups excluding carboxylic acids is 1. The summed E-state index contributed by atoms with van der Waals surface area (Å²) >= 11 is 0. The van der Waals surface area contributed by atoms with Gasteiger partial charge in [0.2, 0.25) is 0 Å². The van der Waals surface area contributed by atoms with Crippen LogP contribution in [0.1, 0.15) is 12.5 Å². The van der Waals surface area contributed by atoms with Crippen LogP contribution in [-0.4, -0.2) is 49.2 Å². The molecule has 2 aromatic rings. The van der Waals surface area contributed by atoms with Gasteiger partial charge in [0.25, 0.3) is 12.3 Å². The van der Waals surface area contributed by atoms with E-state index in [2.05, 4.69) is 16.4 Å². The second kappa shape index (κ2) is 7.62. The number of fused-ring (bicyclic) bond motifs is 1. The summed E-state index contributed by atoms with van der Waals surface area (Å²) < 4.78 is 30.3. The number of ether oxygens (including phenoxy) is 1. The van der Waals surface area contributed by atoms with Crippen molar-refractivity contribution in [2.75, 3.05) is 24.5 Å². The number of benzene rings is 1. The molecule has 0 aliphatic carbocycles. The Kier molecular flexibility index (Phi) is 5.28. The number of rotatable bonds is 4. The first kappa shape index (κ1) is 18.0. The highest BCUT2D eigenvalue weighted by atomic mass is 19.3. The molecule has 1 fully saturated rings. The molecule has 0 saturated carbocycles. The summed E-state index contributed by atoms with van der Waals surface area (Å²) in [6.07, 6.45) is -2.09. The second-order valence-electron chi connectivity index (χ2n) is 6.12. The molecule has 26 heavy (non-hydrogen) atoms. The van der Waals surface area contributed by atoms with E-state index >= 15 is 0 Å². The molecule has 136 valence electrons. The number of alkyl halides is 2. The number of hydrogen-bond acceptors (Lipinski definition) is 5. The van der Waals surface area contributed by atoms with E-state index in [0.717, 1.165) is 11.1 Å². The Hall–Kier alpha value is -2.79. The Morgan fingerprint density at radius 1 is 1.46 bits per heavy atom. The van der Waals surface area contributed by atoms with Crippen molar-refractivity contribution in [3.8, 4) is 6.07 Å². The van der Waals surface area contributed by atoms with E-state index in [4.69, 9.17) is 4.74 Å². The van der Waals surface area contributed by atoms with Crippen molar-refractivity contribution in [1.82, 2.24) is 10.3 Å². The maximum Gasteiger partial charge on any atom is 0.255 e. The maximum atomic E-state index is 12.3. The number of amides is 1. The van der Waals surface area contributed by atoms with Crippen LogP contribution in [0.2, 0.25) is 0 Å². The van der Waals surface area contributed by atoms with Gasteiger partial charge in [0.15, 0.2) is 6.10 Å². The van der Waals surface area contributed by atoms with Crippen LogP contribution in [0.3, 0.4) is 0 Å². The van der Waals surface area contributed by atoms with Crippen molar-refractivity contribution in [3.05, 3.63) is 36.0 Å². The minimum absolute atomic E-state index is 0.231. The first-order chi connectivity index (χ1) is 12.5. The number of carbonyl (C=O) groups is 1. The maximum absolute atomic E-state index is 12.3. The quantitative estimate of drug-likeness (QED) is 0.903. The topological polar surface area (TPSA) is 78.2 Å². The van der Waals surface area contributed by atoms with Crippen LogP contribution in [0.5, 0.6) is 0 Å². The summed E-state index contributed by atoms with van der Waals surface area (Å²) in [4.78, 5) is 18.4. The molecular formula is C18H18F2N4O2. The SMILES string of the molecule is C[C@@H]1CN(c2ccc(C#N)c3ncccc23)C[C@H](C(=O)NCC(F)F)O1. The van der Waals surface area contributed by atoms with E-state index in [-0.39, 0.29) is 12.6 Å². The van der Waals surface area contributed by atoms with Crippen molar-refractivity contribution in [2.45, 2.75) is 25.6 Å². The summed E-state index contributed by atoms with van der Waals surface area (Å²) in [7, 11) is 0. The zero-order valence-electron chi connectivity index (χ0n) is 14.2. The molecule has 1 saturated heterocycles. The summed E-state index contributed by atoms with van der Waals surface area (Å²) in [5.41, 5.74) is 1.89. The van der Waals surface area contributed by atoms with E-state index < -0.39 is 25.0 Å². The molecule has 2 atom stereocenters. The Morgan fingerprint density at radius 3 is 3.00 bits per heavy atom. The van der Waals surface area contributed by atoms with Crippen LogP contribution < -0.4 is 10.2 Å². The molecule has 0 unspecified atom stereocenters. The Morgan fingerprint density at radius 2 is 2.27 bits per heavy atom. The molecule has 8 heteroatoms. The fourth-order valence-corrected chi connectivity index (χ4v) is 3.11. The average molecular weight is 360 g/mol. The third-order valence-corrected chi connectivity index (χ3v) is 4.19. The molecule has 3 rings (SSSR count). The Labute approximate surface area is 149 Å². The molecule has 0 bridgehead atoms. The zero-order valence-corrected chi connectivity index (χ0v) is 14.2. The molecule has 1 N–H and O–H groups in total. The highest BCUT2D eigenvalue weighted by Gasteiger charge is 2.31. The number of nitrogens with one attached hydrogen (secondary N) is 1. The molecular weight excluding hydrogens is 342 g/mol. The lowest BCUT2D eigenvalue weighted by molar-refractivity contribution is -0.137. The Balaban J connectivity index is 1.88. The molecule has 1 aromatic heterocycles. The van der Waals surface area contributed by atoms with Gasteiger partial charge in [-0.05, 0) is 31.2 Å². The molecule has 0 spiro atoms. The number of anilines is 1. The summed E-state index contributed by atoms with van der Waals surface area (Å²) in [6.45, 7) is 1.89. The molecule has 0 radical (unpaired) electrons. The van der Waals surface area contributed by atoms with Crippen LogP contribution in [0.25, 0.3) is 10.9 Å². The van der Waals surface area contributed by atoms with E-state index in [1.54, 1.807) is 18.3 Å². The van der Waals surface area contributed by atoms with Crippen molar-refractivity contribution < 1.29 is 18.3 Å². The lowest BCUT2D eigenvalue weighted by Gasteiger charge is -2.38. The van der Waals surface area contributed by atoms with Crippen molar-refractivity contribution in [3.63, 3.8) is 0 Å². The number of aromatic nitrogens is 1. The lowest BCUT2D eigenvalue weighted by atomic mass is 10.1. The molecule has 1 amide bonds. The monoisotopic (exact) mass is 360 g/mol. The van der Waals surface area contributed by atoms with Gasteiger partial charge in [-0.2, -0.15) is 5.26 Å². The van der Waals surface area contributed by atoms with Gasteiger partial charge in [0.05, 0.1) is 30.3 Å². The van der Waals surface area contributed by atoms with Gasteiger partial charge in [-0.25, -0.2) is 8.78 Å². The van der Waals surface area contributed by atoms with Gasteiger partial charge < -0.3 is 15.0 Å². The minimum atomic E-state index is -2.61. The standard InChI is InChI=1S/C18H18F2N4O2/c1-11-9-24(10-15(26-11)18(25)23-8-16(19)20)14-5-4-12(7-21)17-13(14)3-2-6-22-17/h2-6,11,15-16H,8-10H2,1H3,(H,23,25)/t11-,15-/m1/s1. The van der Waals surface area contributed by atoms with Gasteiger partial charge in [0.1, 0.15) is 6.07 Å². The van der Waals surface area contributed by atoms with Crippen LogP contribution in [0, 0.1) is 11.3 Å². The Bertz CT molecular complexity index is 853. The number of hydrogen-bond donors (Lipinski definition) is 1. The van der Waals surface area contributed by atoms with E-state index in [9.17, 15) is 18.8 Å². The molecule has 2 heterocycles. The fraction of sp³-hybridized carbons (Fsp3) is 0.389. The van der Waals surface area contributed by atoms with Crippen molar-refractivity contribution >= 4 is 22.5 Å². The number of halogens is 2. The summed E-state index contributed by atoms with van der Waals surface area (Å²) in [5, 5.41) is 12.3. The largest absolute Gasteiger partial charge is 0.365 e. The molecule has 1 aliphatic rings.